The molecule has 116 valence electrons. The van der Waals surface area contributed by atoms with Crippen LogP contribution in [0.15, 0.2) is 24.5 Å². The quantitative estimate of drug-likeness (QED) is 0.880. The Kier molecular flexibility index (Phi) is 4.36. The van der Waals surface area contributed by atoms with Gasteiger partial charge in [-0.25, -0.2) is 4.98 Å². The van der Waals surface area contributed by atoms with Gasteiger partial charge in [-0.2, -0.15) is 5.10 Å². The molecule has 1 heterocycles. The maximum atomic E-state index is 12.6. The smallest absolute Gasteiger partial charge is 0.230 e. The van der Waals surface area contributed by atoms with E-state index in [1.165, 1.54) is 6.33 Å². The molecule has 0 aliphatic heterocycles. The fourth-order valence-electron chi connectivity index (χ4n) is 2.79. The number of amides is 1. The maximum Gasteiger partial charge on any atom is 0.230 e. The molecule has 1 aliphatic carbocycles. The number of nitrogens with zero attached hydrogens (tertiary/aromatic N) is 2. The van der Waals surface area contributed by atoms with Gasteiger partial charge in [-0.05, 0) is 30.5 Å². The Bertz CT molecular complexity index is 668. The van der Waals surface area contributed by atoms with Gasteiger partial charge in [-0.1, -0.05) is 35.7 Å². The molecule has 0 atom stereocenters. The van der Waals surface area contributed by atoms with Gasteiger partial charge in [0.15, 0.2) is 0 Å². The first-order valence-corrected chi connectivity index (χ1v) is 7.95. The normalized spacial score (nSPS) is 16.1. The molecular weight excluding hydrogens is 323 g/mol. The molecule has 1 amide bonds. The van der Waals surface area contributed by atoms with Crippen molar-refractivity contribution in [2.24, 2.45) is 0 Å². The predicted molar refractivity (Wildman–Crippen MR) is 85.1 cm³/mol. The molecule has 0 spiro atoms. The van der Waals surface area contributed by atoms with Crippen LogP contribution >= 0.6 is 23.2 Å². The van der Waals surface area contributed by atoms with Crippen molar-refractivity contribution in [3.63, 3.8) is 0 Å². The summed E-state index contributed by atoms with van der Waals surface area (Å²) in [4.78, 5) is 16.7. The number of carbonyl (C=O) groups is 1. The van der Waals surface area contributed by atoms with Crippen LogP contribution < -0.4 is 5.32 Å². The van der Waals surface area contributed by atoms with Crippen LogP contribution in [0.3, 0.4) is 0 Å². The highest BCUT2D eigenvalue weighted by Gasteiger charge is 2.45. The molecule has 1 aliphatic rings. The molecule has 0 unspecified atom stereocenters. The van der Waals surface area contributed by atoms with E-state index in [-0.39, 0.29) is 5.91 Å². The number of aromatic nitrogens is 3. The number of aromatic amines is 1. The summed E-state index contributed by atoms with van der Waals surface area (Å²) >= 11 is 12.1. The second-order valence-electron chi connectivity index (χ2n) is 5.50. The van der Waals surface area contributed by atoms with E-state index in [0.717, 1.165) is 30.7 Å². The third-order valence-electron chi connectivity index (χ3n) is 4.23. The van der Waals surface area contributed by atoms with Crippen molar-refractivity contribution in [1.29, 1.82) is 0 Å². The van der Waals surface area contributed by atoms with Gasteiger partial charge in [0.1, 0.15) is 12.2 Å². The Hall–Kier alpha value is -1.59. The predicted octanol–water partition coefficient (Wildman–Crippen LogP) is 2.89. The van der Waals surface area contributed by atoms with Gasteiger partial charge in [0, 0.05) is 13.0 Å². The molecule has 2 aromatic rings. The second kappa shape index (κ2) is 6.26. The average Bonchev–Trinajstić information content (AvgIpc) is 2.95. The lowest BCUT2D eigenvalue weighted by atomic mass is 9.64. The van der Waals surface area contributed by atoms with Crippen molar-refractivity contribution in [3.05, 3.63) is 46.0 Å². The topological polar surface area (TPSA) is 70.7 Å². The minimum Gasteiger partial charge on any atom is -0.355 e. The van der Waals surface area contributed by atoms with Crippen LogP contribution in [0.5, 0.6) is 0 Å². The molecule has 2 N–H and O–H groups in total. The average molecular weight is 339 g/mol. The van der Waals surface area contributed by atoms with Crippen LogP contribution in [0, 0.1) is 0 Å². The van der Waals surface area contributed by atoms with Gasteiger partial charge in [0.25, 0.3) is 0 Å². The van der Waals surface area contributed by atoms with Crippen LogP contribution in [0.1, 0.15) is 30.7 Å². The van der Waals surface area contributed by atoms with Crippen molar-refractivity contribution in [1.82, 2.24) is 20.5 Å². The number of carbonyl (C=O) groups excluding carboxylic acids is 1. The lowest BCUT2D eigenvalue weighted by Gasteiger charge is -2.40. The fraction of sp³-hybridized carbons (Fsp3) is 0.400. The molecule has 1 aromatic carbocycles. The highest BCUT2D eigenvalue weighted by atomic mass is 35.5. The first-order chi connectivity index (χ1) is 10.6. The molecule has 0 radical (unpaired) electrons. The zero-order valence-electron chi connectivity index (χ0n) is 11.9. The number of hydrogen-bond acceptors (Lipinski definition) is 3. The van der Waals surface area contributed by atoms with Crippen LogP contribution in [0.25, 0.3) is 0 Å². The monoisotopic (exact) mass is 338 g/mol. The summed E-state index contributed by atoms with van der Waals surface area (Å²) < 4.78 is 0. The van der Waals surface area contributed by atoms with E-state index >= 15 is 0 Å². The zero-order chi connectivity index (χ0) is 15.6. The standard InChI is InChI=1S/C15H16Cl2N4O/c16-11-3-2-10(8-12(11)17)15(5-1-6-15)14(22)18-7-4-13-19-9-20-21-13/h2-3,8-9H,1,4-7H2,(H,18,22)(H,19,20,21). The van der Waals surface area contributed by atoms with E-state index in [0.29, 0.717) is 23.0 Å². The fourth-order valence-corrected chi connectivity index (χ4v) is 3.08. The summed E-state index contributed by atoms with van der Waals surface area (Å²) in [7, 11) is 0. The third-order valence-corrected chi connectivity index (χ3v) is 4.97. The van der Waals surface area contributed by atoms with Crippen LogP contribution in [-0.2, 0) is 16.6 Å². The molecule has 5 nitrogen and oxygen atoms in total. The zero-order valence-corrected chi connectivity index (χ0v) is 13.4. The Balaban J connectivity index is 1.69. The summed E-state index contributed by atoms with van der Waals surface area (Å²) in [6, 6.07) is 5.45. The van der Waals surface area contributed by atoms with Crippen molar-refractivity contribution in [2.45, 2.75) is 31.1 Å². The van der Waals surface area contributed by atoms with Gasteiger partial charge < -0.3 is 5.32 Å². The van der Waals surface area contributed by atoms with Crippen LogP contribution in [0.4, 0.5) is 0 Å². The molecule has 0 bridgehead atoms. The van der Waals surface area contributed by atoms with E-state index in [2.05, 4.69) is 20.5 Å². The largest absolute Gasteiger partial charge is 0.355 e. The lowest BCUT2D eigenvalue weighted by molar-refractivity contribution is -0.129. The summed E-state index contributed by atoms with van der Waals surface area (Å²) in [5.74, 6) is 0.800. The number of rotatable bonds is 5. The van der Waals surface area contributed by atoms with Gasteiger partial charge in [-0.3, -0.25) is 9.89 Å². The van der Waals surface area contributed by atoms with Crippen LogP contribution in [-0.4, -0.2) is 27.6 Å². The van der Waals surface area contributed by atoms with Gasteiger partial charge in [0.05, 0.1) is 15.5 Å². The Morgan fingerprint density at radius 3 is 2.73 bits per heavy atom. The molecule has 1 aromatic heterocycles. The number of halogens is 2. The van der Waals surface area contributed by atoms with Crippen molar-refractivity contribution < 1.29 is 4.79 Å². The van der Waals surface area contributed by atoms with Gasteiger partial charge >= 0.3 is 0 Å². The molecule has 0 saturated heterocycles. The molecule has 3 rings (SSSR count). The molecular formula is C15H16Cl2N4O. The highest BCUT2D eigenvalue weighted by Crippen LogP contribution is 2.45. The number of benzene rings is 1. The van der Waals surface area contributed by atoms with Gasteiger partial charge in [0.2, 0.25) is 5.91 Å². The molecule has 1 saturated carbocycles. The Morgan fingerprint density at radius 2 is 2.14 bits per heavy atom. The van der Waals surface area contributed by atoms with E-state index in [9.17, 15) is 4.79 Å². The number of nitrogens with one attached hydrogen (secondary N) is 2. The first-order valence-electron chi connectivity index (χ1n) is 7.20. The molecule has 22 heavy (non-hydrogen) atoms. The number of hydrogen-bond donors (Lipinski definition) is 2. The third kappa shape index (κ3) is 2.83. The maximum absolute atomic E-state index is 12.6. The molecule has 7 heteroatoms. The van der Waals surface area contributed by atoms with E-state index in [1.54, 1.807) is 12.1 Å². The minimum atomic E-state index is -0.477. The van der Waals surface area contributed by atoms with E-state index in [1.807, 2.05) is 6.07 Å². The van der Waals surface area contributed by atoms with Crippen LogP contribution in [0.2, 0.25) is 10.0 Å². The molecule has 1 fully saturated rings. The lowest BCUT2D eigenvalue weighted by Crippen LogP contribution is -2.49. The van der Waals surface area contributed by atoms with Crippen molar-refractivity contribution >= 4 is 29.1 Å². The van der Waals surface area contributed by atoms with E-state index in [4.69, 9.17) is 23.2 Å². The highest BCUT2D eigenvalue weighted by molar-refractivity contribution is 6.42. The Morgan fingerprint density at radius 1 is 1.32 bits per heavy atom. The van der Waals surface area contributed by atoms with Crippen molar-refractivity contribution in [3.8, 4) is 0 Å². The Labute approximate surface area is 138 Å². The number of H-pyrrole nitrogens is 1. The summed E-state index contributed by atoms with van der Waals surface area (Å²) in [5.41, 5.74) is 0.459. The van der Waals surface area contributed by atoms with Gasteiger partial charge in [-0.15, -0.1) is 0 Å². The SMILES string of the molecule is O=C(NCCc1ncn[nH]1)C1(c2ccc(Cl)c(Cl)c2)CCC1. The summed E-state index contributed by atoms with van der Waals surface area (Å²) in [6.07, 6.45) is 4.79. The van der Waals surface area contributed by atoms with E-state index < -0.39 is 5.41 Å². The first kappa shape index (κ1) is 15.3. The summed E-state index contributed by atoms with van der Waals surface area (Å²) in [6.45, 7) is 0.525. The second-order valence-corrected chi connectivity index (χ2v) is 6.32. The van der Waals surface area contributed by atoms with Crippen molar-refractivity contribution in [2.75, 3.05) is 6.54 Å². The summed E-state index contributed by atoms with van der Waals surface area (Å²) in [5, 5.41) is 10.5. The minimum absolute atomic E-state index is 0.0386.